The normalized spacial score (nSPS) is 10.7. The average molecular weight is 322 g/mol. The zero-order chi connectivity index (χ0) is 18.5. The SMILES string of the molecule is C=C(N=O)C(C)Cc1ccc(C#N)c(C#CCC)c1/C=C\C.CC. The van der Waals surface area contributed by atoms with Gasteiger partial charge in [-0.1, -0.05) is 64.3 Å². The molecule has 0 heterocycles. The fourth-order valence-corrected chi connectivity index (χ4v) is 2.14. The average Bonchev–Trinajstić information content (AvgIpc) is 2.62. The zero-order valence-corrected chi connectivity index (χ0v) is 15.3. The highest BCUT2D eigenvalue weighted by Crippen LogP contribution is 2.25. The quantitative estimate of drug-likeness (QED) is 0.505. The van der Waals surface area contributed by atoms with Gasteiger partial charge in [0.05, 0.1) is 11.3 Å². The molecule has 0 spiro atoms. The van der Waals surface area contributed by atoms with Crippen molar-refractivity contribution < 1.29 is 0 Å². The third-order valence-corrected chi connectivity index (χ3v) is 3.39. The monoisotopic (exact) mass is 322 g/mol. The lowest BCUT2D eigenvalue weighted by atomic mass is 9.90. The number of hydrogen-bond acceptors (Lipinski definition) is 3. The first-order valence-electron chi connectivity index (χ1n) is 8.28. The van der Waals surface area contributed by atoms with Gasteiger partial charge in [0.25, 0.3) is 0 Å². The Morgan fingerprint density at radius 3 is 2.58 bits per heavy atom. The fraction of sp³-hybridized carbons (Fsp3) is 0.381. The van der Waals surface area contributed by atoms with E-state index in [-0.39, 0.29) is 5.92 Å². The maximum atomic E-state index is 10.6. The minimum absolute atomic E-state index is 0.0542. The molecule has 3 heteroatoms. The highest BCUT2D eigenvalue weighted by Gasteiger charge is 2.14. The number of rotatable bonds is 5. The first kappa shape index (κ1) is 21.4. The van der Waals surface area contributed by atoms with Crippen molar-refractivity contribution >= 4 is 6.08 Å². The van der Waals surface area contributed by atoms with Crippen LogP contribution in [0.4, 0.5) is 0 Å². The molecular formula is C21H26N2O. The summed E-state index contributed by atoms with van der Waals surface area (Å²) < 4.78 is 0. The van der Waals surface area contributed by atoms with Crippen molar-refractivity contribution in [2.45, 2.75) is 47.5 Å². The summed E-state index contributed by atoms with van der Waals surface area (Å²) in [6.45, 7) is 13.5. The number of benzene rings is 1. The van der Waals surface area contributed by atoms with Crippen LogP contribution >= 0.6 is 0 Å². The highest BCUT2D eigenvalue weighted by atomic mass is 16.3. The molecular weight excluding hydrogens is 296 g/mol. The Hall–Kier alpha value is -2.65. The molecule has 0 N–H and O–H groups in total. The molecule has 24 heavy (non-hydrogen) atoms. The lowest BCUT2D eigenvalue weighted by Crippen LogP contribution is -2.05. The number of nitrogens with zero attached hydrogens (tertiary/aromatic N) is 2. The Labute approximate surface area is 146 Å². The number of hydrogen-bond donors (Lipinski definition) is 0. The van der Waals surface area contributed by atoms with Gasteiger partial charge in [0.15, 0.2) is 0 Å². The van der Waals surface area contributed by atoms with E-state index in [0.29, 0.717) is 17.7 Å². The van der Waals surface area contributed by atoms with Gasteiger partial charge in [-0.25, -0.2) is 0 Å². The Morgan fingerprint density at radius 1 is 1.42 bits per heavy atom. The predicted octanol–water partition coefficient (Wildman–Crippen LogP) is 5.84. The molecule has 0 bridgehead atoms. The molecule has 0 fully saturated rings. The standard InChI is InChI=1S/C19H20N2O.C2H6/c1-5-7-9-19-17(13-20)11-10-16(18(19)8-6-2)12-14(3)15(4)21-22;1-2/h6,8,10-11,14H,4-5,12H2,1-3H3;1-2H3/b8-6-;. The molecule has 1 aromatic rings. The van der Waals surface area contributed by atoms with Crippen LogP contribution in [0.3, 0.4) is 0 Å². The molecule has 0 saturated heterocycles. The molecule has 0 aromatic heterocycles. The second-order valence-corrected chi connectivity index (χ2v) is 5.02. The summed E-state index contributed by atoms with van der Waals surface area (Å²) in [5.41, 5.74) is 3.62. The van der Waals surface area contributed by atoms with E-state index in [1.54, 1.807) is 6.07 Å². The number of nitroso groups, excluding NO2 is 1. The van der Waals surface area contributed by atoms with Gasteiger partial charge in [0.2, 0.25) is 0 Å². The van der Waals surface area contributed by atoms with Crippen molar-refractivity contribution in [3.63, 3.8) is 0 Å². The molecule has 0 saturated carbocycles. The first-order valence-corrected chi connectivity index (χ1v) is 8.28. The van der Waals surface area contributed by atoms with E-state index in [2.05, 4.69) is 29.7 Å². The number of allylic oxidation sites excluding steroid dienone is 2. The van der Waals surface area contributed by atoms with Crippen LogP contribution in [0.25, 0.3) is 6.08 Å². The Morgan fingerprint density at radius 2 is 2.08 bits per heavy atom. The van der Waals surface area contributed by atoms with Crippen LogP contribution in [-0.2, 0) is 6.42 Å². The Kier molecular flexibility index (Phi) is 10.5. The molecule has 0 amide bonds. The summed E-state index contributed by atoms with van der Waals surface area (Å²) in [5, 5.41) is 12.2. The summed E-state index contributed by atoms with van der Waals surface area (Å²) in [6, 6.07) is 5.90. The van der Waals surface area contributed by atoms with Crippen molar-refractivity contribution in [3.8, 4) is 17.9 Å². The Balaban J connectivity index is 0.00000254. The molecule has 3 nitrogen and oxygen atoms in total. The van der Waals surface area contributed by atoms with Crippen LogP contribution < -0.4 is 0 Å². The van der Waals surface area contributed by atoms with E-state index in [1.807, 2.05) is 52.8 Å². The molecule has 0 radical (unpaired) electrons. The maximum Gasteiger partial charge on any atom is 0.100 e. The summed E-state index contributed by atoms with van der Waals surface area (Å²) in [5.74, 6) is 6.07. The van der Waals surface area contributed by atoms with E-state index < -0.39 is 0 Å². The fourth-order valence-electron chi connectivity index (χ4n) is 2.14. The molecule has 126 valence electrons. The first-order chi connectivity index (χ1) is 11.6. The minimum Gasteiger partial charge on any atom is -0.192 e. The second-order valence-electron chi connectivity index (χ2n) is 5.02. The summed E-state index contributed by atoms with van der Waals surface area (Å²) in [7, 11) is 0. The van der Waals surface area contributed by atoms with Gasteiger partial charge in [0, 0.05) is 17.9 Å². The van der Waals surface area contributed by atoms with E-state index >= 15 is 0 Å². The van der Waals surface area contributed by atoms with Crippen LogP contribution in [0.15, 0.2) is 35.7 Å². The van der Waals surface area contributed by atoms with Crippen LogP contribution in [0.5, 0.6) is 0 Å². The van der Waals surface area contributed by atoms with Gasteiger partial charge < -0.3 is 0 Å². The molecule has 0 aliphatic carbocycles. The lowest BCUT2D eigenvalue weighted by Gasteiger charge is -2.14. The van der Waals surface area contributed by atoms with Gasteiger partial charge in [-0.15, -0.1) is 4.91 Å². The van der Waals surface area contributed by atoms with Crippen molar-refractivity contribution in [2.75, 3.05) is 0 Å². The third-order valence-electron chi connectivity index (χ3n) is 3.39. The zero-order valence-electron chi connectivity index (χ0n) is 15.3. The molecule has 0 aliphatic heterocycles. The van der Waals surface area contributed by atoms with E-state index in [1.165, 1.54) is 0 Å². The summed E-state index contributed by atoms with van der Waals surface area (Å²) >= 11 is 0. The minimum atomic E-state index is -0.0542. The largest absolute Gasteiger partial charge is 0.192 e. The van der Waals surface area contributed by atoms with Crippen LogP contribution in [0.2, 0.25) is 0 Å². The maximum absolute atomic E-state index is 10.6. The van der Waals surface area contributed by atoms with E-state index in [0.717, 1.165) is 23.1 Å². The number of nitriles is 1. The predicted molar refractivity (Wildman–Crippen MR) is 102 cm³/mol. The van der Waals surface area contributed by atoms with Crippen LogP contribution in [0.1, 0.15) is 63.3 Å². The van der Waals surface area contributed by atoms with Gasteiger partial charge in [-0.2, -0.15) is 5.26 Å². The van der Waals surface area contributed by atoms with Gasteiger partial charge in [-0.3, -0.25) is 0 Å². The van der Waals surface area contributed by atoms with Crippen molar-refractivity contribution in [1.29, 1.82) is 5.26 Å². The van der Waals surface area contributed by atoms with Gasteiger partial charge >= 0.3 is 0 Å². The lowest BCUT2D eigenvalue weighted by molar-refractivity contribution is 0.670. The second kappa shape index (κ2) is 11.9. The van der Waals surface area contributed by atoms with Crippen LogP contribution in [-0.4, -0.2) is 0 Å². The molecule has 0 aliphatic rings. The molecule has 1 rings (SSSR count). The highest BCUT2D eigenvalue weighted by molar-refractivity contribution is 5.67. The summed E-state index contributed by atoms with van der Waals surface area (Å²) in [4.78, 5) is 10.6. The molecule has 1 unspecified atom stereocenters. The topological polar surface area (TPSA) is 53.2 Å². The van der Waals surface area contributed by atoms with Crippen molar-refractivity contribution in [2.24, 2.45) is 11.1 Å². The smallest absolute Gasteiger partial charge is 0.100 e. The van der Waals surface area contributed by atoms with E-state index in [4.69, 9.17) is 0 Å². The van der Waals surface area contributed by atoms with Crippen molar-refractivity contribution in [3.05, 3.63) is 57.6 Å². The van der Waals surface area contributed by atoms with Gasteiger partial charge in [0.1, 0.15) is 6.07 Å². The molecule has 1 aromatic carbocycles. The summed E-state index contributed by atoms with van der Waals surface area (Å²) in [6.07, 6.45) is 5.25. The Bertz CT molecular complexity index is 697. The third kappa shape index (κ3) is 5.86. The van der Waals surface area contributed by atoms with Crippen LogP contribution in [0, 0.1) is 34.0 Å². The van der Waals surface area contributed by atoms with E-state index in [9.17, 15) is 10.2 Å². The molecule has 1 atom stereocenters. The van der Waals surface area contributed by atoms with Crippen molar-refractivity contribution in [1.82, 2.24) is 0 Å². The van der Waals surface area contributed by atoms with Gasteiger partial charge in [-0.05, 0) is 35.7 Å².